The van der Waals surface area contributed by atoms with Gasteiger partial charge in [-0.05, 0) is 43.2 Å². The van der Waals surface area contributed by atoms with Crippen LogP contribution >= 0.6 is 11.6 Å². The van der Waals surface area contributed by atoms with Crippen LogP contribution in [0.25, 0.3) is 6.08 Å². The van der Waals surface area contributed by atoms with E-state index in [0.29, 0.717) is 23.8 Å². The smallest absolute Gasteiger partial charge is 0.341 e. The van der Waals surface area contributed by atoms with E-state index in [0.717, 1.165) is 24.8 Å². The summed E-state index contributed by atoms with van der Waals surface area (Å²) in [5.74, 6) is 0.547. The number of carbonyl (C=O) groups excluding carboxylic acids is 2. The number of anilines is 1. The van der Waals surface area contributed by atoms with Gasteiger partial charge in [-0.1, -0.05) is 37.4 Å². The zero-order chi connectivity index (χ0) is 24.2. The van der Waals surface area contributed by atoms with Crippen molar-refractivity contribution >= 4 is 35.2 Å². The van der Waals surface area contributed by atoms with Crippen molar-refractivity contribution in [2.45, 2.75) is 33.1 Å². The Bertz CT molecular complexity index is 989. The largest absolute Gasteiger partial charge is 0.496 e. The highest BCUT2D eigenvalue weighted by Gasteiger charge is 2.17. The van der Waals surface area contributed by atoms with Crippen LogP contribution in [-0.4, -0.2) is 39.3 Å². The second-order valence-electron chi connectivity index (χ2n) is 7.04. The lowest BCUT2D eigenvalue weighted by Crippen LogP contribution is -2.11. The van der Waals surface area contributed by atoms with Crippen molar-refractivity contribution in [2.24, 2.45) is 0 Å². The molecule has 1 N–H and O–H groups in total. The van der Waals surface area contributed by atoms with Crippen LogP contribution in [0.15, 0.2) is 36.4 Å². The molecule has 0 aliphatic heterocycles. The van der Waals surface area contributed by atoms with Gasteiger partial charge in [0.25, 0.3) is 0 Å². The van der Waals surface area contributed by atoms with Crippen molar-refractivity contribution in [3.63, 3.8) is 0 Å². The third kappa shape index (κ3) is 7.71. The van der Waals surface area contributed by atoms with E-state index < -0.39 is 11.9 Å². The van der Waals surface area contributed by atoms with Crippen molar-refractivity contribution in [1.82, 2.24) is 0 Å². The predicted molar refractivity (Wildman–Crippen MR) is 130 cm³/mol. The highest BCUT2D eigenvalue weighted by molar-refractivity contribution is 6.34. The molecular weight excluding hydrogens is 446 g/mol. The third-order valence-corrected chi connectivity index (χ3v) is 4.98. The second-order valence-corrected chi connectivity index (χ2v) is 7.45. The van der Waals surface area contributed by atoms with Gasteiger partial charge in [0.05, 0.1) is 38.1 Å². The lowest BCUT2D eigenvalue weighted by atomic mass is 10.1. The zero-order valence-electron chi connectivity index (χ0n) is 19.4. The van der Waals surface area contributed by atoms with E-state index in [1.54, 1.807) is 26.2 Å². The molecule has 0 bridgehead atoms. The Hall–Kier alpha value is -3.19. The number of benzene rings is 2. The summed E-state index contributed by atoms with van der Waals surface area (Å²) in [6, 6.07) is 8.34. The lowest BCUT2D eigenvalue weighted by Gasteiger charge is -2.12. The normalized spacial score (nSPS) is 10.7. The number of carbonyl (C=O) groups is 2. The molecule has 0 unspecified atom stereocenters. The summed E-state index contributed by atoms with van der Waals surface area (Å²) in [6.07, 6.45) is 6.24. The molecule has 2 aromatic rings. The first-order valence-electron chi connectivity index (χ1n) is 10.8. The SMILES string of the molecule is CCCCCOc1ccc(/C=C/C(=O)Nc2cc(OC)c(C(=O)OCC)cc2Cl)cc1OC. The van der Waals surface area contributed by atoms with E-state index in [2.05, 4.69) is 12.2 Å². The van der Waals surface area contributed by atoms with Crippen molar-refractivity contribution < 1.29 is 28.5 Å². The monoisotopic (exact) mass is 475 g/mol. The minimum atomic E-state index is -0.555. The molecule has 0 aromatic heterocycles. The average molecular weight is 476 g/mol. The van der Waals surface area contributed by atoms with E-state index in [1.807, 2.05) is 12.1 Å². The van der Waals surface area contributed by atoms with Gasteiger partial charge in [0, 0.05) is 12.1 Å². The molecule has 2 aromatic carbocycles. The fourth-order valence-electron chi connectivity index (χ4n) is 2.97. The first-order valence-corrected chi connectivity index (χ1v) is 11.2. The summed E-state index contributed by atoms with van der Waals surface area (Å²) in [7, 11) is 2.99. The number of unbranched alkanes of at least 4 members (excludes halogenated alkanes) is 2. The van der Waals surface area contributed by atoms with Crippen LogP contribution < -0.4 is 19.5 Å². The summed E-state index contributed by atoms with van der Waals surface area (Å²) < 4.78 is 21.4. The van der Waals surface area contributed by atoms with Gasteiger partial charge < -0.3 is 24.3 Å². The number of rotatable bonds is 12. The molecule has 1 amide bonds. The Morgan fingerprint density at radius 3 is 2.42 bits per heavy atom. The molecule has 0 saturated heterocycles. The van der Waals surface area contributed by atoms with Crippen LogP contribution in [0.2, 0.25) is 5.02 Å². The first-order chi connectivity index (χ1) is 15.9. The van der Waals surface area contributed by atoms with E-state index >= 15 is 0 Å². The molecule has 7 nitrogen and oxygen atoms in total. The van der Waals surface area contributed by atoms with Gasteiger partial charge in [-0.25, -0.2) is 4.79 Å². The summed E-state index contributed by atoms with van der Waals surface area (Å²) in [5, 5.41) is 2.87. The zero-order valence-corrected chi connectivity index (χ0v) is 20.2. The predicted octanol–water partition coefficient (Wildman–Crippen LogP) is 5.75. The Balaban J connectivity index is 2.09. The van der Waals surface area contributed by atoms with Crippen LogP contribution in [0.1, 0.15) is 49.0 Å². The van der Waals surface area contributed by atoms with E-state index in [9.17, 15) is 9.59 Å². The molecule has 0 heterocycles. The third-order valence-electron chi connectivity index (χ3n) is 4.66. The Labute approximate surface area is 199 Å². The molecule has 8 heteroatoms. The van der Waals surface area contributed by atoms with Crippen LogP contribution in [0.5, 0.6) is 17.2 Å². The molecule has 0 fully saturated rings. The van der Waals surface area contributed by atoms with Crippen LogP contribution in [-0.2, 0) is 9.53 Å². The first kappa shape index (κ1) is 26.1. The summed E-state index contributed by atoms with van der Waals surface area (Å²) in [4.78, 5) is 24.5. The maximum Gasteiger partial charge on any atom is 0.341 e. The Morgan fingerprint density at radius 1 is 1.00 bits per heavy atom. The topological polar surface area (TPSA) is 83.1 Å². The minimum Gasteiger partial charge on any atom is -0.496 e. The average Bonchev–Trinajstić information content (AvgIpc) is 2.82. The lowest BCUT2D eigenvalue weighted by molar-refractivity contribution is -0.111. The van der Waals surface area contributed by atoms with Crippen LogP contribution in [0, 0.1) is 0 Å². The number of hydrogen-bond acceptors (Lipinski definition) is 6. The number of halogens is 1. The van der Waals surface area contributed by atoms with Crippen molar-refractivity contribution in [2.75, 3.05) is 32.8 Å². The van der Waals surface area contributed by atoms with Crippen molar-refractivity contribution in [3.8, 4) is 17.2 Å². The van der Waals surface area contributed by atoms with Gasteiger partial charge in [0.15, 0.2) is 11.5 Å². The van der Waals surface area contributed by atoms with E-state index in [1.165, 1.54) is 25.3 Å². The van der Waals surface area contributed by atoms with E-state index in [-0.39, 0.29) is 22.9 Å². The molecule has 0 spiro atoms. The number of hydrogen-bond donors (Lipinski definition) is 1. The molecule has 2 rings (SSSR count). The Kier molecular flexibility index (Phi) is 10.6. The number of methoxy groups -OCH3 is 2. The molecule has 33 heavy (non-hydrogen) atoms. The Morgan fingerprint density at radius 2 is 1.76 bits per heavy atom. The number of ether oxygens (including phenoxy) is 4. The number of esters is 1. The van der Waals surface area contributed by atoms with Crippen molar-refractivity contribution in [1.29, 1.82) is 0 Å². The highest BCUT2D eigenvalue weighted by atomic mass is 35.5. The van der Waals surface area contributed by atoms with Crippen molar-refractivity contribution in [3.05, 3.63) is 52.6 Å². The highest BCUT2D eigenvalue weighted by Crippen LogP contribution is 2.32. The minimum absolute atomic E-state index is 0.182. The number of nitrogens with one attached hydrogen (secondary N) is 1. The second kappa shape index (κ2) is 13.4. The fourth-order valence-corrected chi connectivity index (χ4v) is 3.18. The molecule has 0 atom stereocenters. The van der Waals surface area contributed by atoms with E-state index in [4.69, 9.17) is 30.5 Å². The summed E-state index contributed by atoms with van der Waals surface area (Å²) >= 11 is 6.25. The summed E-state index contributed by atoms with van der Waals surface area (Å²) in [5.41, 5.74) is 1.26. The van der Waals surface area contributed by atoms with Crippen LogP contribution in [0.4, 0.5) is 5.69 Å². The van der Waals surface area contributed by atoms with Gasteiger partial charge in [-0.15, -0.1) is 0 Å². The molecule has 178 valence electrons. The van der Waals surface area contributed by atoms with Gasteiger partial charge in [-0.3, -0.25) is 4.79 Å². The fraction of sp³-hybridized carbons (Fsp3) is 0.360. The van der Waals surface area contributed by atoms with Gasteiger partial charge in [0.2, 0.25) is 5.91 Å². The van der Waals surface area contributed by atoms with Gasteiger partial charge in [0.1, 0.15) is 11.3 Å². The molecule has 0 aliphatic carbocycles. The quantitative estimate of drug-likeness (QED) is 0.239. The summed E-state index contributed by atoms with van der Waals surface area (Å²) in [6.45, 7) is 4.69. The van der Waals surface area contributed by atoms with Gasteiger partial charge in [-0.2, -0.15) is 0 Å². The maximum absolute atomic E-state index is 12.4. The standard InChI is InChI=1S/C25H30ClNO6/c1-5-7-8-13-33-21-11-9-17(14-23(21)31-4)10-12-24(28)27-20-16-22(30-3)18(15-19(20)26)25(29)32-6-2/h9-12,14-16H,5-8,13H2,1-4H3,(H,27,28)/b12-10+. The maximum atomic E-state index is 12.4. The molecule has 0 radical (unpaired) electrons. The van der Waals surface area contributed by atoms with Gasteiger partial charge >= 0.3 is 5.97 Å². The van der Waals surface area contributed by atoms with Crippen LogP contribution in [0.3, 0.4) is 0 Å². The molecule has 0 saturated carbocycles. The number of amides is 1. The molecule has 0 aliphatic rings. The molecular formula is C25H30ClNO6.